The Hall–Kier alpha value is -1.30. The summed E-state index contributed by atoms with van der Waals surface area (Å²) in [6, 6.07) is 0.423. The first-order valence-electron chi connectivity index (χ1n) is 7.95. The van der Waals surface area contributed by atoms with Gasteiger partial charge in [-0.3, -0.25) is 4.79 Å². The first kappa shape index (κ1) is 16.1. The molecule has 6 heteroatoms. The van der Waals surface area contributed by atoms with E-state index in [2.05, 4.69) is 17.1 Å². The standard InChI is InChI=1S/C15H28N4O2/c1-18-10-6-7-12(18)11-19(2)14(20)15(13(16)17-21)8-4-3-5-9-15/h12,21H,3-11H2,1-2H3,(H2,16,17). The summed E-state index contributed by atoms with van der Waals surface area (Å²) in [5.41, 5.74) is 5.11. The van der Waals surface area contributed by atoms with Crippen molar-refractivity contribution in [3.05, 3.63) is 0 Å². The molecule has 0 aromatic rings. The zero-order valence-corrected chi connectivity index (χ0v) is 13.2. The molecule has 2 rings (SSSR count). The lowest BCUT2D eigenvalue weighted by Crippen LogP contribution is -2.53. The molecule has 0 spiro atoms. The van der Waals surface area contributed by atoms with Gasteiger partial charge in [0.15, 0.2) is 5.84 Å². The molecule has 1 amide bonds. The first-order valence-corrected chi connectivity index (χ1v) is 7.95. The molecule has 2 aliphatic rings. The number of amidine groups is 1. The lowest BCUT2D eigenvalue weighted by molar-refractivity contribution is -0.139. The monoisotopic (exact) mass is 296 g/mol. The van der Waals surface area contributed by atoms with Gasteiger partial charge in [0, 0.05) is 19.6 Å². The molecule has 1 aliphatic heterocycles. The molecule has 1 aliphatic carbocycles. The number of oxime groups is 1. The van der Waals surface area contributed by atoms with Gasteiger partial charge in [0.05, 0.1) is 0 Å². The van der Waals surface area contributed by atoms with Gasteiger partial charge in [-0.2, -0.15) is 0 Å². The van der Waals surface area contributed by atoms with Crippen molar-refractivity contribution in [1.29, 1.82) is 0 Å². The normalized spacial score (nSPS) is 26.8. The van der Waals surface area contributed by atoms with E-state index in [0.717, 1.165) is 38.8 Å². The van der Waals surface area contributed by atoms with Crippen molar-refractivity contribution in [3.63, 3.8) is 0 Å². The fourth-order valence-electron chi connectivity index (χ4n) is 3.80. The number of likely N-dealkylation sites (tertiary alicyclic amines) is 1. The van der Waals surface area contributed by atoms with Gasteiger partial charge in [-0.1, -0.05) is 24.4 Å². The van der Waals surface area contributed by atoms with Crippen LogP contribution in [0.25, 0.3) is 0 Å². The summed E-state index contributed by atoms with van der Waals surface area (Å²) in [4.78, 5) is 17.0. The van der Waals surface area contributed by atoms with Crippen LogP contribution in [0.3, 0.4) is 0 Å². The van der Waals surface area contributed by atoms with Crippen LogP contribution in [0.15, 0.2) is 5.16 Å². The molecule has 120 valence electrons. The minimum Gasteiger partial charge on any atom is -0.409 e. The van der Waals surface area contributed by atoms with E-state index in [1.807, 2.05) is 7.05 Å². The Balaban J connectivity index is 2.10. The van der Waals surface area contributed by atoms with Gasteiger partial charge in [0.1, 0.15) is 5.41 Å². The number of nitrogens with two attached hydrogens (primary N) is 1. The zero-order chi connectivity index (χ0) is 15.5. The molecule has 1 saturated heterocycles. The van der Waals surface area contributed by atoms with Gasteiger partial charge >= 0.3 is 0 Å². The maximum Gasteiger partial charge on any atom is 0.236 e. The highest BCUT2D eigenvalue weighted by atomic mass is 16.4. The highest BCUT2D eigenvalue weighted by Crippen LogP contribution is 2.38. The van der Waals surface area contributed by atoms with E-state index in [-0.39, 0.29) is 11.7 Å². The maximum atomic E-state index is 13.0. The average Bonchev–Trinajstić information content (AvgIpc) is 2.91. The van der Waals surface area contributed by atoms with Crippen LogP contribution in [0, 0.1) is 5.41 Å². The lowest BCUT2D eigenvalue weighted by Gasteiger charge is -2.38. The van der Waals surface area contributed by atoms with Crippen molar-refractivity contribution in [2.24, 2.45) is 16.3 Å². The number of carbonyl (C=O) groups is 1. The van der Waals surface area contributed by atoms with Crippen LogP contribution < -0.4 is 5.73 Å². The Morgan fingerprint density at radius 2 is 2.05 bits per heavy atom. The average molecular weight is 296 g/mol. The fourth-order valence-corrected chi connectivity index (χ4v) is 3.80. The van der Waals surface area contributed by atoms with Crippen LogP contribution in [0.1, 0.15) is 44.9 Å². The molecule has 0 bridgehead atoms. The summed E-state index contributed by atoms with van der Waals surface area (Å²) >= 11 is 0. The predicted octanol–water partition coefficient (Wildman–Crippen LogP) is 1.24. The summed E-state index contributed by atoms with van der Waals surface area (Å²) in [6.45, 7) is 1.81. The van der Waals surface area contributed by atoms with Crippen molar-refractivity contribution < 1.29 is 10.0 Å². The first-order chi connectivity index (χ1) is 10.0. The number of rotatable bonds is 4. The number of carbonyl (C=O) groups excluding carboxylic acids is 1. The number of amides is 1. The lowest BCUT2D eigenvalue weighted by atomic mass is 9.72. The Morgan fingerprint density at radius 3 is 2.57 bits per heavy atom. The summed E-state index contributed by atoms with van der Waals surface area (Å²) in [6.07, 6.45) is 6.72. The van der Waals surface area contributed by atoms with E-state index >= 15 is 0 Å². The van der Waals surface area contributed by atoms with Gasteiger partial charge in [0.2, 0.25) is 5.91 Å². The second-order valence-corrected chi connectivity index (χ2v) is 6.59. The van der Waals surface area contributed by atoms with Crippen LogP contribution in [-0.4, -0.2) is 60.0 Å². The van der Waals surface area contributed by atoms with Gasteiger partial charge < -0.3 is 20.7 Å². The Morgan fingerprint density at radius 1 is 1.38 bits per heavy atom. The number of nitrogens with zero attached hydrogens (tertiary/aromatic N) is 3. The molecule has 1 atom stereocenters. The van der Waals surface area contributed by atoms with Crippen LogP contribution in [0.5, 0.6) is 0 Å². The third kappa shape index (κ3) is 3.15. The fraction of sp³-hybridized carbons (Fsp3) is 0.867. The largest absolute Gasteiger partial charge is 0.409 e. The minimum atomic E-state index is -0.793. The van der Waals surface area contributed by atoms with Gasteiger partial charge in [-0.15, -0.1) is 0 Å². The van der Waals surface area contributed by atoms with Crippen LogP contribution in [0.4, 0.5) is 0 Å². The van der Waals surface area contributed by atoms with Crippen LogP contribution in [-0.2, 0) is 4.79 Å². The molecular formula is C15H28N4O2. The number of hydrogen-bond donors (Lipinski definition) is 2. The van der Waals surface area contributed by atoms with Crippen LogP contribution >= 0.6 is 0 Å². The van der Waals surface area contributed by atoms with E-state index < -0.39 is 5.41 Å². The molecule has 21 heavy (non-hydrogen) atoms. The Bertz CT molecular complexity index is 404. The van der Waals surface area contributed by atoms with E-state index in [1.165, 1.54) is 6.42 Å². The van der Waals surface area contributed by atoms with E-state index in [9.17, 15) is 4.79 Å². The molecule has 1 heterocycles. The second kappa shape index (κ2) is 6.64. The van der Waals surface area contributed by atoms with Crippen molar-refractivity contribution in [2.45, 2.75) is 51.0 Å². The highest BCUT2D eigenvalue weighted by Gasteiger charge is 2.45. The summed E-state index contributed by atoms with van der Waals surface area (Å²) < 4.78 is 0. The van der Waals surface area contributed by atoms with Gasteiger partial charge in [-0.05, 0) is 39.3 Å². The topological polar surface area (TPSA) is 82.2 Å². The molecule has 0 radical (unpaired) electrons. The van der Waals surface area contributed by atoms with Gasteiger partial charge in [-0.25, -0.2) is 0 Å². The maximum absolute atomic E-state index is 13.0. The summed E-state index contributed by atoms with van der Waals surface area (Å²) in [5, 5.41) is 12.3. The van der Waals surface area contributed by atoms with Gasteiger partial charge in [0.25, 0.3) is 0 Å². The van der Waals surface area contributed by atoms with E-state index in [4.69, 9.17) is 10.9 Å². The van der Waals surface area contributed by atoms with Crippen molar-refractivity contribution in [2.75, 3.05) is 27.2 Å². The molecule has 1 unspecified atom stereocenters. The summed E-state index contributed by atoms with van der Waals surface area (Å²) in [7, 11) is 3.95. The molecule has 0 aromatic heterocycles. The molecule has 3 N–H and O–H groups in total. The quantitative estimate of drug-likeness (QED) is 0.354. The summed E-state index contributed by atoms with van der Waals surface area (Å²) in [5.74, 6) is 0.0941. The van der Waals surface area contributed by atoms with Crippen LogP contribution in [0.2, 0.25) is 0 Å². The van der Waals surface area contributed by atoms with Crippen molar-refractivity contribution in [1.82, 2.24) is 9.80 Å². The molecule has 2 fully saturated rings. The third-order valence-electron chi connectivity index (χ3n) is 5.22. The molecule has 6 nitrogen and oxygen atoms in total. The molecule has 0 aromatic carbocycles. The Labute approximate surface area is 127 Å². The predicted molar refractivity (Wildman–Crippen MR) is 82.2 cm³/mol. The van der Waals surface area contributed by atoms with E-state index in [0.29, 0.717) is 18.9 Å². The van der Waals surface area contributed by atoms with Crippen molar-refractivity contribution in [3.8, 4) is 0 Å². The second-order valence-electron chi connectivity index (χ2n) is 6.59. The minimum absolute atomic E-state index is 0.0119. The Kier molecular flexibility index (Phi) is 5.08. The van der Waals surface area contributed by atoms with E-state index in [1.54, 1.807) is 4.90 Å². The number of hydrogen-bond acceptors (Lipinski definition) is 4. The highest BCUT2D eigenvalue weighted by molar-refractivity contribution is 6.06. The molecular weight excluding hydrogens is 268 g/mol. The van der Waals surface area contributed by atoms with Crippen molar-refractivity contribution >= 4 is 11.7 Å². The third-order valence-corrected chi connectivity index (χ3v) is 5.22. The zero-order valence-electron chi connectivity index (χ0n) is 13.2. The SMILES string of the molecule is CN(CC1CCCN1C)C(=O)C1(C(N)=NO)CCCCC1. The molecule has 1 saturated carbocycles. The smallest absolute Gasteiger partial charge is 0.236 e. The number of likely N-dealkylation sites (N-methyl/N-ethyl adjacent to an activating group) is 2.